The van der Waals surface area contributed by atoms with Gasteiger partial charge in [-0.2, -0.15) is 8.42 Å². The van der Waals surface area contributed by atoms with E-state index in [1.54, 1.807) is 12.1 Å². The maximum atomic E-state index is 11.1. The van der Waals surface area contributed by atoms with Crippen LogP contribution >= 0.6 is 0 Å². The van der Waals surface area contributed by atoms with Crippen molar-refractivity contribution in [3.63, 3.8) is 0 Å². The molecule has 0 aliphatic heterocycles. The highest BCUT2D eigenvalue weighted by Crippen LogP contribution is 2.12. The van der Waals surface area contributed by atoms with Crippen LogP contribution < -0.4 is 0 Å². The van der Waals surface area contributed by atoms with E-state index < -0.39 is 10.1 Å². The zero-order valence-electron chi connectivity index (χ0n) is 13.4. The molecule has 23 heavy (non-hydrogen) atoms. The summed E-state index contributed by atoms with van der Waals surface area (Å²) in [6.45, 7) is 3.90. The highest BCUT2D eigenvalue weighted by molar-refractivity contribution is 7.86. The van der Waals surface area contributed by atoms with Gasteiger partial charge in [0.25, 0.3) is 10.1 Å². The normalized spacial score (nSPS) is 10.9. The number of benzene rings is 2. The largest absolute Gasteiger partial charge is 0.296 e. The molecule has 0 saturated heterocycles. The lowest BCUT2D eigenvalue weighted by Crippen LogP contribution is -2.02. The van der Waals surface area contributed by atoms with Crippen LogP contribution in [0.3, 0.4) is 0 Å². The summed E-state index contributed by atoms with van der Waals surface area (Å²) in [5.74, 6) is 0. The van der Waals surface area contributed by atoms with Gasteiger partial charge in [0.2, 0.25) is 0 Å². The quantitative estimate of drug-likeness (QED) is 0.670. The standard InChI is InChI=1S/C10H9N.C8H10O3S/c1-8-6-7-9-4-2-3-5-10(9)11-8;1-7-3-5-8(6-4-7)12(9,10)11-2/h2-7H,1H3;3-6H,1-2H3. The molecule has 1 aromatic heterocycles. The zero-order valence-corrected chi connectivity index (χ0v) is 14.2. The van der Waals surface area contributed by atoms with Crippen molar-refractivity contribution in [2.24, 2.45) is 0 Å². The van der Waals surface area contributed by atoms with Crippen molar-refractivity contribution < 1.29 is 12.6 Å². The molecule has 0 unspecified atom stereocenters. The summed E-state index contributed by atoms with van der Waals surface area (Å²) in [7, 11) is -2.37. The van der Waals surface area contributed by atoms with Gasteiger partial charge in [-0.05, 0) is 38.1 Å². The van der Waals surface area contributed by atoms with E-state index in [1.165, 1.54) is 17.5 Å². The summed E-state index contributed by atoms with van der Waals surface area (Å²) in [4.78, 5) is 4.57. The molecule has 0 fully saturated rings. The lowest BCUT2D eigenvalue weighted by atomic mass is 10.2. The van der Waals surface area contributed by atoms with Crippen molar-refractivity contribution >= 4 is 21.0 Å². The Kier molecular flexibility index (Phi) is 5.47. The summed E-state index contributed by atoms with van der Waals surface area (Å²) in [6.07, 6.45) is 0. The summed E-state index contributed by atoms with van der Waals surface area (Å²) in [5, 5.41) is 1.21. The van der Waals surface area contributed by atoms with Crippen molar-refractivity contribution in [1.82, 2.24) is 4.98 Å². The van der Waals surface area contributed by atoms with Crippen molar-refractivity contribution in [3.05, 3.63) is 71.9 Å². The number of para-hydroxylation sites is 1. The van der Waals surface area contributed by atoms with Crippen LogP contribution in [-0.2, 0) is 14.3 Å². The number of fused-ring (bicyclic) bond motifs is 1. The van der Waals surface area contributed by atoms with Crippen LogP contribution in [0.15, 0.2) is 65.6 Å². The molecule has 120 valence electrons. The van der Waals surface area contributed by atoms with Crippen LogP contribution in [0, 0.1) is 13.8 Å². The Morgan fingerprint density at radius 3 is 2.17 bits per heavy atom. The summed E-state index contributed by atoms with van der Waals surface area (Å²) in [5.41, 5.74) is 3.17. The average Bonchev–Trinajstić information content (AvgIpc) is 2.56. The molecule has 0 aliphatic carbocycles. The lowest BCUT2D eigenvalue weighted by Gasteiger charge is -2.00. The second kappa shape index (κ2) is 7.35. The fourth-order valence-electron chi connectivity index (χ4n) is 1.97. The van der Waals surface area contributed by atoms with Gasteiger partial charge in [-0.3, -0.25) is 9.17 Å². The fourth-order valence-corrected chi connectivity index (χ4v) is 2.63. The Bertz CT molecular complexity index is 888. The predicted octanol–water partition coefficient (Wildman–Crippen LogP) is 3.87. The van der Waals surface area contributed by atoms with E-state index in [-0.39, 0.29) is 4.90 Å². The minimum Gasteiger partial charge on any atom is -0.270 e. The zero-order chi connectivity index (χ0) is 16.9. The molecule has 5 heteroatoms. The van der Waals surface area contributed by atoms with Crippen molar-refractivity contribution in [2.45, 2.75) is 18.7 Å². The van der Waals surface area contributed by atoms with Gasteiger partial charge >= 0.3 is 0 Å². The molecule has 0 amide bonds. The molecule has 0 bridgehead atoms. The molecule has 0 spiro atoms. The number of hydrogen-bond donors (Lipinski definition) is 0. The Hall–Kier alpha value is -2.24. The SMILES string of the molecule is COS(=O)(=O)c1ccc(C)cc1.Cc1ccc2ccccc2n1. The highest BCUT2D eigenvalue weighted by atomic mass is 32.2. The molecule has 0 saturated carbocycles. The third-order valence-electron chi connectivity index (χ3n) is 3.27. The highest BCUT2D eigenvalue weighted by Gasteiger charge is 2.11. The van der Waals surface area contributed by atoms with Gasteiger partial charge in [0.05, 0.1) is 17.5 Å². The van der Waals surface area contributed by atoms with Gasteiger partial charge < -0.3 is 0 Å². The monoisotopic (exact) mass is 329 g/mol. The molecule has 1 heterocycles. The van der Waals surface area contributed by atoms with E-state index in [9.17, 15) is 8.42 Å². The Balaban J connectivity index is 0.000000167. The van der Waals surface area contributed by atoms with Crippen molar-refractivity contribution in [3.8, 4) is 0 Å². The van der Waals surface area contributed by atoms with E-state index in [1.807, 2.05) is 38.1 Å². The molecule has 0 N–H and O–H groups in total. The van der Waals surface area contributed by atoms with Crippen LogP contribution in [0.1, 0.15) is 11.3 Å². The molecular formula is C18H19NO3S. The van der Waals surface area contributed by atoms with Crippen molar-refractivity contribution in [2.75, 3.05) is 7.11 Å². The predicted molar refractivity (Wildman–Crippen MR) is 91.9 cm³/mol. The van der Waals surface area contributed by atoms with Crippen LogP contribution in [0.2, 0.25) is 0 Å². The number of aromatic nitrogens is 1. The summed E-state index contributed by atoms with van der Waals surface area (Å²) in [6, 6.07) is 18.8. The van der Waals surface area contributed by atoms with E-state index in [4.69, 9.17) is 0 Å². The van der Waals surface area contributed by atoms with Crippen LogP contribution in [0.25, 0.3) is 10.9 Å². The minimum absolute atomic E-state index is 0.190. The first-order valence-electron chi connectivity index (χ1n) is 7.12. The molecule has 2 aromatic carbocycles. The second-order valence-electron chi connectivity index (χ2n) is 5.08. The molecular weight excluding hydrogens is 310 g/mol. The Morgan fingerprint density at radius 2 is 1.52 bits per heavy atom. The maximum absolute atomic E-state index is 11.1. The molecule has 0 aliphatic rings. The van der Waals surface area contributed by atoms with Gasteiger partial charge in [0.1, 0.15) is 0 Å². The molecule has 3 rings (SSSR count). The van der Waals surface area contributed by atoms with E-state index in [0.717, 1.165) is 23.9 Å². The van der Waals surface area contributed by atoms with Crippen LogP contribution in [-0.4, -0.2) is 20.5 Å². The van der Waals surface area contributed by atoms with Crippen LogP contribution in [0.4, 0.5) is 0 Å². The fraction of sp³-hybridized carbons (Fsp3) is 0.167. The Morgan fingerprint density at radius 1 is 0.870 bits per heavy atom. The minimum atomic E-state index is -3.51. The third kappa shape index (κ3) is 4.61. The number of rotatable bonds is 2. The van der Waals surface area contributed by atoms with Crippen molar-refractivity contribution in [1.29, 1.82) is 0 Å². The van der Waals surface area contributed by atoms with E-state index in [0.29, 0.717) is 0 Å². The molecule has 3 aromatic rings. The second-order valence-corrected chi connectivity index (χ2v) is 6.79. The number of hydrogen-bond acceptors (Lipinski definition) is 4. The van der Waals surface area contributed by atoms with E-state index in [2.05, 4.69) is 21.3 Å². The summed E-state index contributed by atoms with van der Waals surface area (Å²) >= 11 is 0. The third-order valence-corrected chi connectivity index (χ3v) is 4.56. The maximum Gasteiger partial charge on any atom is 0.296 e. The molecule has 0 radical (unpaired) electrons. The molecule has 0 atom stereocenters. The summed E-state index contributed by atoms with van der Waals surface area (Å²) < 4.78 is 26.5. The Labute approximate surface area is 136 Å². The first kappa shape index (κ1) is 17.1. The van der Waals surface area contributed by atoms with Crippen LogP contribution in [0.5, 0.6) is 0 Å². The average molecular weight is 329 g/mol. The topological polar surface area (TPSA) is 56.3 Å². The van der Waals surface area contributed by atoms with Gasteiger partial charge in [0.15, 0.2) is 0 Å². The van der Waals surface area contributed by atoms with E-state index >= 15 is 0 Å². The van der Waals surface area contributed by atoms with Gasteiger partial charge in [0, 0.05) is 11.1 Å². The lowest BCUT2D eigenvalue weighted by molar-refractivity contribution is 0.398. The number of nitrogens with zero attached hydrogens (tertiary/aromatic N) is 1. The smallest absolute Gasteiger partial charge is 0.270 e. The van der Waals surface area contributed by atoms with Gasteiger partial charge in [-0.25, -0.2) is 0 Å². The van der Waals surface area contributed by atoms with Gasteiger partial charge in [-0.15, -0.1) is 0 Å². The first-order chi connectivity index (χ1) is 10.9. The molecule has 4 nitrogen and oxygen atoms in total. The number of pyridine rings is 1. The number of aryl methyl sites for hydroxylation is 2. The van der Waals surface area contributed by atoms with Gasteiger partial charge in [-0.1, -0.05) is 42.0 Å². The first-order valence-corrected chi connectivity index (χ1v) is 8.53.